The number of carbonyl (C=O) groups excluding carboxylic acids is 1. The van der Waals surface area contributed by atoms with Gasteiger partial charge in [-0.05, 0) is 19.3 Å². The third-order valence-corrected chi connectivity index (χ3v) is 4.61. The number of rotatable bonds is 6. The van der Waals surface area contributed by atoms with Crippen molar-refractivity contribution in [1.29, 1.82) is 0 Å². The monoisotopic (exact) mass is 322 g/mol. The van der Waals surface area contributed by atoms with E-state index in [0.29, 0.717) is 25.0 Å². The van der Waals surface area contributed by atoms with Gasteiger partial charge in [-0.3, -0.25) is 9.69 Å². The van der Waals surface area contributed by atoms with Gasteiger partial charge in [0.15, 0.2) is 5.82 Å². The Morgan fingerprint density at radius 2 is 2.13 bits per heavy atom. The number of nitrogens with zero attached hydrogens (tertiary/aromatic N) is 4. The smallest absolute Gasteiger partial charge is 0.226 e. The van der Waals surface area contributed by atoms with E-state index in [4.69, 9.17) is 9.26 Å². The average Bonchev–Trinajstić information content (AvgIpc) is 3.25. The summed E-state index contributed by atoms with van der Waals surface area (Å²) in [6.07, 6.45) is 4.77. The minimum Gasteiger partial charge on any atom is -0.378 e. The summed E-state index contributed by atoms with van der Waals surface area (Å²) in [5, 5.41) is 3.99. The van der Waals surface area contributed by atoms with Crippen molar-refractivity contribution >= 4 is 5.91 Å². The second-order valence-corrected chi connectivity index (χ2v) is 6.29. The highest BCUT2D eigenvalue weighted by molar-refractivity contribution is 5.76. The molecule has 3 heterocycles. The fourth-order valence-electron chi connectivity index (χ4n) is 3.17. The summed E-state index contributed by atoms with van der Waals surface area (Å²) in [6.45, 7) is 6.84. The fraction of sp³-hybridized carbons (Fsp3) is 0.812. The number of piperazine rings is 1. The summed E-state index contributed by atoms with van der Waals surface area (Å²) in [4.78, 5) is 20.9. The molecule has 2 saturated heterocycles. The van der Waals surface area contributed by atoms with Crippen LogP contribution in [0.3, 0.4) is 0 Å². The van der Waals surface area contributed by atoms with Gasteiger partial charge in [-0.25, -0.2) is 0 Å². The summed E-state index contributed by atoms with van der Waals surface area (Å²) < 4.78 is 10.7. The number of hydrogen-bond acceptors (Lipinski definition) is 6. The van der Waals surface area contributed by atoms with E-state index in [1.165, 1.54) is 0 Å². The molecule has 1 atom stereocenters. The molecule has 0 radical (unpaired) electrons. The number of carbonyl (C=O) groups is 1. The highest BCUT2D eigenvalue weighted by atomic mass is 16.5. The molecule has 7 heteroatoms. The first-order valence-corrected chi connectivity index (χ1v) is 8.68. The van der Waals surface area contributed by atoms with Gasteiger partial charge in [-0.2, -0.15) is 4.98 Å². The molecule has 2 fully saturated rings. The normalized spacial score (nSPS) is 22.7. The molecule has 1 amide bonds. The Labute approximate surface area is 137 Å². The molecule has 0 spiro atoms. The molecule has 2 aliphatic heterocycles. The van der Waals surface area contributed by atoms with Gasteiger partial charge in [0, 0.05) is 45.6 Å². The Kier molecular flexibility index (Phi) is 5.61. The largest absolute Gasteiger partial charge is 0.378 e. The molecule has 7 nitrogen and oxygen atoms in total. The van der Waals surface area contributed by atoms with Crippen LogP contribution in [0.25, 0.3) is 0 Å². The van der Waals surface area contributed by atoms with E-state index in [2.05, 4.69) is 15.0 Å². The van der Waals surface area contributed by atoms with Crippen LogP contribution in [0.2, 0.25) is 0 Å². The summed E-state index contributed by atoms with van der Waals surface area (Å²) in [7, 11) is 0. The van der Waals surface area contributed by atoms with E-state index < -0.39 is 0 Å². The maximum absolute atomic E-state index is 12.3. The van der Waals surface area contributed by atoms with Gasteiger partial charge < -0.3 is 14.2 Å². The van der Waals surface area contributed by atoms with Gasteiger partial charge in [0.2, 0.25) is 11.8 Å². The van der Waals surface area contributed by atoms with Crippen LogP contribution in [0.15, 0.2) is 4.52 Å². The van der Waals surface area contributed by atoms with Crippen LogP contribution in [-0.4, -0.2) is 64.7 Å². The molecule has 0 aromatic carbocycles. The number of amides is 1. The summed E-state index contributed by atoms with van der Waals surface area (Å²) in [6, 6.07) is 0. The zero-order chi connectivity index (χ0) is 16.1. The summed E-state index contributed by atoms with van der Waals surface area (Å²) in [5.74, 6) is 1.68. The maximum Gasteiger partial charge on any atom is 0.226 e. The lowest BCUT2D eigenvalue weighted by Crippen LogP contribution is -2.48. The van der Waals surface area contributed by atoms with Crippen molar-refractivity contribution in [2.24, 2.45) is 0 Å². The minimum atomic E-state index is 0.257. The predicted octanol–water partition coefficient (Wildman–Crippen LogP) is 1.24. The van der Waals surface area contributed by atoms with Crippen molar-refractivity contribution in [3.8, 4) is 0 Å². The Hall–Kier alpha value is -1.47. The van der Waals surface area contributed by atoms with Gasteiger partial charge in [0.25, 0.3) is 0 Å². The topological polar surface area (TPSA) is 71.7 Å². The quantitative estimate of drug-likeness (QED) is 0.784. The van der Waals surface area contributed by atoms with Crippen LogP contribution in [0.1, 0.15) is 44.3 Å². The first kappa shape index (κ1) is 16.4. The fourth-order valence-corrected chi connectivity index (χ4v) is 3.17. The van der Waals surface area contributed by atoms with Crippen molar-refractivity contribution in [3.63, 3.8) is 0 Å². The molecular formula is C16H26N4O3. The molecule has 2 aliphatic rings. The predicted molar refractivity (Wildman–Crippen MR) is 83.7 cm³/mol. The van der Waals surface area contributed by atoms with Crippen LogP contribution in [0.5, 0.6) is 0 Å². The van der Waals surface area contributed by atoms with E-state index in [1.807, 2.05) is 11.8 Å². The highest BCUT2D eigenvalue weighted by Gasteiger charge is 2.23. The van der Waals surface area contributed by atoms with Gasteiger partial charge >= 0.3 is 0 Å². The van der Waals surface area contributed by atoms with Crippen molar-refractivity contribution in [2.75, 3.05) is 32.8 Å². The third-order valence-electron chi connectivity index (χ3n) is 4.61. The van der Waals surface area contributed by atoms with Gasteiger partial charge in [0.1, 0.15) is 0 Å². The lowest BCUT2D eigenvalue weighted by atomic mass is 10.1. The van der Waals surface area contributed by atoms with Crippen LogP contribution >= 0.6 is 0 Å². The van der Waals surface area contributed by atoms with E-state index in [9.17, 15) is 4.79 Å². The highest BCUT2D eigenvalue weighted by Crippen LogP contribution is 2.18. The first-order chi connectivity index (χ1) is 11.2. The molecule has 0 aliphatic carbocycles. The molecule has 0 saturated carbocycles. The number of aryl methyl sites for hydroxylation is 1. The van der Waals surface area contributed by atoms with E-state index in [0.717, 1.165) is 64.3 Å². The number of hydrogen-bond donors (Lipinski definition) is 0. The number of ether oxygens (including phenoxy) is 1. The van der Waals surface area contributed by atoms with Gasteiger partial charge in [-0.15, -0.1) is 0 Å². The van der Waals surface area contributed by atoms with Crippen molar-refractivity contribution < 1.29 is 14.1 Å². The van der Waals surface area contributed by atoms with Crippen LogP contribution in [-0.2, 0) is 22.5 Å². The minimum absolute atomic E-state index is 0.257. The summed E-state index contributed by atoms with van der Waals surface area (Å²) in [5.41, 5.74) is 0. The Morgan fingerprint density at radius 3 is 2.78 bits per heavy atom. The van der Waals surface area contributed by atoms with Gasteiger partial charge in [-0.1, -0.05) is 12.1 Å². The Bertz CT molecular complexity index is 505. The maximum atomic E-state index is 12.3. The van der Waals surface area contributed by atoms with Gasteiger partial charge in [0.05, 0.1) is 12.6 Å². The standard InChI is InChI=1S/C16H26N4O3/c1-2-15-17-14(18-23-15)12-19-7-9-20(10-8-19)16(21)6-5-13-4-3-11-22-13/h13H,2-12H2,1H3/t13-/m1/s1. The molecule has 1 aromatic rings. The molecule has 1 aromatic heterocycles. The molecule has 0 N–H and O–H groups in total. The SMILES string of the molecule is CCc1nc(CN2CCN(C(=O)CC[C@H]3CCCO3)CC2)no1. The second-order valence-electron chi connectivity index (χ2n) is 6.29. The van der Waals surface area contributed by atoms with Crippen molar-refractivity contribution in [2.45, 2.75) is 51.7 Å². The lowest BCUT2D eigenvalue weighted by molar-refractivity contribution is -0.133. The average molecular weight is 322 g/mol. The number of aromatic nitrogens is 2. The van der Waals surface area contributed by atoms with E-state index in [1.54, 1.807) is 0 Å². The summed E-state index contributed by atoms with van der Waals surface area (Å²) >= 11 is 0. The molecular weight excluding hydrogens is 296 g/mol. The van der Waals surface area contributed by atoms with Crippen molar-refractivity contribution in [3.05, 3.63) is 11.7 Å². The van der Waals surface area contributed by atoms with Crippen LogP contribution in [0.4, 0.5) is 0 Å². The first-order valence-electron chi connectivity index (χ1n) is 8.68. The van der Waals surface area contributed by atoms with Crippen molar-refractivity contribution in [1.82, 2.24) is 19.9 Å². The van der Waals surface area contributed by atoms with Crippen LogP contribution < -0.4 is 0 Å². The van der Waals surface area contributed by atoms with E-state index >= 15 is 0 Å². The Balaban J connectivity index is 1.38. The molecule has 128 valence electrons. The molecule has 0 bridgehead atoms. The Morgan fingerprint density at radius 1 is 1.30 bits per heavy atom. The molecule has 3 rings (SSSR count). The zero-order valence-corrected chi connectivity index (χ0v) is 13.9. The van der Waals surface area contributed by atoms with Crippen LogP contribution in [0, 0.1) is 0 Å². The van der Waals surface area contributed by atoms with E-state index in [-0.39, 0.29) is 5.91 Å². The second kappa shape index (κ2) is 7.88. The molecule has 23 heavy (non-hydrogen) atoms. The zero-order valence-electron chi connectivity index (χ0n) is 13.9. The lowest BCUT2D eigenvalue weighted by Gasteiger charge is -2.34. The third kappa shape index (κ3) is 4.51. The molecule has 0 unspecified atom stereocenters.